The van der Waals surface area contributed by atoms with E-state index in [1.807, 2.05) is 19.9 Å². The maximum absolute atomic E-state index is 13.7. The van der Waals surface area contributed by atoms with E-state index in [1.165, 1.54) is 12.1 Å². The molecular formula is C24H22FN3O4. The molecule has 1 fully saturated rings. The smallest absolute Gasteiger partial charge is 0.259 e. The first-order valence-electron chi connectivity index (χ1n) is 10.4. The number of hydrogen-bond acceptors (Lipinski definition) is 6. The molecule has 1 aliphatic rings. The summed E-state index contributed by atoms with van der Waals surface area (Å²) >= 11 is 0. The van der Waals surface area contributed by atoms with Crippen molar-refractivity contribution in [1.29, 1.82) is 0 Å². The molecule has 0 saturated carbocycles. The van der Waals surface area contributed by atoms with Crippen LogP contribution < -0.4 is 0 Å². The number of furan rings is 1. The largest absolute Gasteiger partial charge is 0.466 e. The Bertz CT molecular complexity index is 1310. The van der Waals surface area contributed by atoms with Gasteiger partial charge in [-0.25, -0.2) is 9.37 Å². The van der Waals surface area contributed by atoms with Gasteiger partial charge >= 0.3 is 0 Å². The van der Waals surface area contributed by atoms with Crippen LogP contribution in [0.4, 0.5) is 4.39 Å². The number of aromatic nitrogens is 2. The van der Waals surface area contributed by atoms with Crippen molar-refractivity contribution in [3.8, 4) is 11.3 Å². The standard InChI is InChI=1S/C24H22FN3O4/c1-13-10-18(15(3)31-13)20-11-19(22-14(2)27-32-23(22)26-20)24(29)28-8-9-30-21(12-28)16-4-6-17(25)7-5-16/h4-7,10-11,21H,8-9,12H2,1-3H3. The highest BCUT2D eigenvalue weighted by molar-refractivity contribution is 6.07. The van der Waals surface area contributed by atoms with Gasteiger partial charge in [0.25, 0.3) is 11.6 Å². The van der Waals surface area contributed by atoms with Crippen molar-refractivity contribution in [2.45, 2.75) is 26.9 Å². The summed E-state index contributed by atoms with van der Waals surface area (Å²) in [4.78, 5) is 20.0. The zero-order valence-corrected chi connectivity index (χ0v) is 18.0. The Balaban J connectivity index is 1.53. The predicted molar refractivity (Wildman–Crippen MR) is 115 cm³/mol. The van der Waals surface area contributed by atoms with Gasteiger partial charge in [0, 0.05) is 12.1 Å². The Morgan fingerprint density at radius 2 is 1.94 bits per heavy atom. The minimum atomic E-state index is -0.326. The van der Waals surface area contributed by atoms with E-state index in [0.717, 1.165) is 16.9 Å². The molecule has 0 N–H and O–H groups in total. The van der Waals surface area contributed by atoms with Gasteiger partial charge in [-0.1, -0.05) is 17.3 Å². The number of amides is 1. The molecule has 0 radical (unpaired) electrons. The molecule has 4 heterocycles. The van der Waals surface area contributed by atoms with Gasteiger partial charge in [-0.2, -0.15) is 0 Å². The third kappa shape index (κ3) is 3.56. The van der Waals surface area contributed by atoms with Gasteiger partial charge in [-0.05, 0) is 50.6 Å². The first kappa shape index (κ1) is 20.4. The molecule has 164 valence electrons. The molecule has 3 aromatic heterocycles. The second-order valence-electron chi connectivity index (χ2n) is 7.99. The van der Waals surface area contributed by atoms with Crippen LogP contribution in [0.5, 0.6) is 0 Å². The van der Waals surface area contributed by atoms with E-state index >= 15 is 0 Å². The number of benzene rings is 1. The number of carbonyl (C=O) groups is 1. The number of rotatable bonds is 3. The van der Waals surface area contributed by atoms with Gasteiger partial charge in [0.15, 0.2) is 0 Å². The molecule has 5 rings (SSSR count). The van der Waals surface area contributed by atoms with Crippen molar-refractivity contribution in [1.82, 2.24) is 15.0 Å². The van der Waals surface area contributed by atoms with Gasteiger partial charge in [-0.3, -0.25) is 4.79 Å². The highest BCUT2D eigenvalue weighted by Gasteiger charge is 2.29. The molecule has 7 nitrogen and oxygen atoms in total. The third-order valence-corrected chi connectivity index (χ3v) is 5.76. The number of carbonyl (C=O) groups excluding carboxylic acids is 1. The SMILES string of the molecule is Cc1cc(-c2cc(C(=O)N3CCOC(c4ccc(F)cc4)C3)c3c(C)noc3n2)c(C)o1. The van der Waals surface area contributed by atoms with Crippen LogP contribution in [0.3, 0.4) is 0 Å². The van der Waals surface area contributed by atoms with Crippen molar-refractivity contribution in [2.24, 2.45) is 0 Å². The molecule has 4 aromatic rings. The highest BCUT2D eigenvalue weighted by Crippen LogP contribution is 2.32. The van der Waals surface area contributed by atoms with Crippen LogP contribution in [0, 0.1) is 26.6 Å². The Morgan fingerprint density at radius 1 is 1.16 bits per heavy atom. The van der Waals surface area contributed by atoms with Crippen molar-refractivity contribution in [3.63, 3.8) is 0 Å². The van der Waals surface area contributed by atoms with Crippen LogP contribution in [0.1, 0.15) is 39.2 Å². The van der Waals surface area contributed by atoms with E-state index in [1.54, 1.807) is 30.0 Å². The second-order valence-corrected chi connectivity index (χ2v) is 7.99. The summed E-state index contributed by atoms with van der Waals surface area (Å²) < 4.78 is 30.2. The molecule has 1 amide bonds. The fraction of sp³-hybridized carbons (Fsp3) is 0.292. The summed E-state index contributed by atoms with van der Waals surface area (Å²) in [5, 5.41) is 4.62. The predicted octanol–water partition coefficient (Wildman–Crippen LogP) is 4.76. The van der Waals surface area contributed by atoms with E-state index in [2.05, 4.69) is 10.1 Å². The average Bonchev–Trinajstić information content (AvgIpc) is 3.34. The van der Waals surface area contributed by atoms with Crippen LogP contribution >= 0.6 is 0 Å². The Kier molecular flexibility index (Phi) is 5.01. The van der Waals surface area contributed by atoms with Crippen LogP contribution in [0.15, 0.2) is 45.3 Å². The monoisotopic (exact) mass is 435 g/mol. The van der Waals surface area contributed by atoms with Crippen LogP contribution in [-0.2, 0) is 4.74 Å². The minimum Gasteiger partial charge on any atom is -0.466 e. The van der Waals surface area contributed by atoms with Gasteiger partial charge in [0.2, 0.25) is 0 Å². The molecule has 8 heteroatoms. The molecule has 1 aromatic carbocycles. The van der Waals surface area contributed by atoms with Crippen LogP contribution in [0.2, 0.25) is 0 Å². The summed E-state index contributed by atoms with van der Waals surface area (Å²) in [6, 6.07) is 9.83. The number of nitrogens with zero attached hydrogens (tertiary/aromatic N) is 3. The third-order valence-electron chi connectivity index (χ3n) is 5.76. The molecule has 32 heavy (non-hydrogen) atoms. The molecule has 0 spiro atoms. The molecule has 1 atom stereocenters. The average molecular weight is 435 g/mol. The zero-order valence-electron chi connectivity index (χ0n) is 18.0. The summed E-state index contributed by atoms with van der Waals surface area (Å²) in [6.45, 7) is 6.70. The fourth-order valence-corrected chi connectivity index (χ4v) is 4.17. The van der Waals surface area contributed by atoms with E-state index in [4.69, 9.17) is 13.7 Å². The molecule has 0 aliphatic carbocycles. The summed E-state index contributed by atoms with van der Waals surface area (Å²) in [6.07, 6.45) is -0.326. The molecule has 0 bridgehead atoms. The quantitative estimate of drug-likeness (QED) is 0.461. The number of pyridine rings is 1. The normalized spacial score (nSPS) is 16.6. The zero-order chi connectivity index (χ0) is 22.4. The lowest BCUT2D eigenvalue weighted by Gasteiger charge is -2.33. The Labute approximate surface area is 183 Å². The van der Waals surface area contributed by atoms with Crippen molar-refractivity contribution in [3.05, 3.63) is 70.6 Å². The van der Waals surface area contributed by atoms with Crippen molar-refractivity contribution in [2.75, 3.05) is 19.7 Å². The first-order chi connectivity index (χ1) is 15.4. The van der Waals surface area contributed by atoms with Crippen LogP contribution in [-0.4, -0.2) is 40.6 Å². The van der Waals surface area contributed by atoms with E-state index in [9.17, 15) is 9.18 Å². The van der Waals surface area contributed by atoms with E-state index in [0.29, 0.717) is 53.5 Å². The number of halogens is 1. The molecule has 1 aliphatic heterocycles. The number of morpholine rings is 1. The van der Waals surface area contributed by atoms with Crippen molar-refractivity contribution >= 4 is 17.0 Å². The first-order valence-corrected chi connectivity index (χ1v) is 10.4. The number of fused-ring (bicyclic) bond motifs is 1. The van der Waals surface area contributed by atoms with Gasteiger partial charge in [0.05, 0.1) is 35.5 Å². The van der Waals surface area contributed by atoms with Gasteiger partial charge in [0.1, 0.15) is 23.4 Å². The number of aryl methyl sites for hydroxylation is 3. The highest BCUT2D eigenvalue weighted by atomic mass is 19.1. The minimum absolute atomic E-state index is 0.154. The maximum Gasteiger partial charge on any atom is 0.259 e. The fourth-order valence-electron chi connectivity index (χ4n) is 4.17. The summed E-state index contributed by atoms with van der Waals surface area (Å²) in [7, 11) is 0. The van der Waals surface area contributed by atoms with E-state index in [-0.39, 0.29) is 17.8 Å². The lowest BCUT2D eigenvalue weighted by molar-refractivity contribution is -0.0227. The molecular weight excluding hydrogens is 413 g/mol. The van der Waals surface area contributed by atoms with Crippen molar-refractivity contribution < 1.29 is 22.9 Å². The molecule has 1 saturated heterocycles. The van der Waals surface area contributed by atoms with Gasteiger partial charge < -0.3 is 18.6 Å². The molecule has 1 unspecified atom stereocenters. The maximum atomic E-state index is 13.7. The number of ether oxygens (including phenoxy) is 1. The Hall–Kier alpha value is -3.52. The topological polar surface area (TPSA) is 81.6 Å². The van der Waals surface area contributed by atoms with Gasteiger partial charge in [-0.15, -0.1) is 0 Å². The van der Waals surface area contributed by atoms with E-state index < -0.39 is 0 Å². The lowest BCUT2D eigenvalue weighted by Crippen LogP contribution is -2.42. The number of hydrogen-bond donors (Lipinski definition) is 0. The lowest BCUT2D eigenvalue weighted by atomic mass is 10.0. The summed E-state index contributed by atoms with van der Waals surface area (Å²) in [5.74, 6) is 1.01. The van der Waals surface area contributed by atoms with Crippen LogP contribution in [0.25, 0.3) is 22.4 Å². The summed E-state index contributed by atoms with van der Waals surface area (Å²) in [5.41, 5.74) is 3.61. The Morgan fingerprint density at radius 3 is 2.66 bits per heavy atom. The second kappa shape index (κ2) is 7.87.